The molecular formula is C32H66BrN. The second-order valence-corrected chi connectivity index (χ2v) is 12.4. The van der Waals surface area contributed by atoms with Gasteiger partial charge in [0.2, 0.25) is 0 Å². The van der Waals surface area contributed by atoms with Crippen LogP contribution in [0.15, 0.2) is 0 Å². The van der Waals surface area contributed by atoms with Crippen molar-refractivity contribution in [1.29, 1.82) is 0 Å². The molecule has 0 bridgehead atoms. The first kappa shape index (κ1) is 34.4. The molecular weight excluding hydrogens is 478 g/mol. The smallest absolute Gasteiger partial charge is 0.0297 e. The largest absolute Gasteiger partial charge is 0.327 e. The minimum atomic E-state index is 0.352. The molecule has 2 unspecified atom stereocenters. The molecule has 0 saturated heterocycles. The second kappa shape index (κ2) is 29.7. The van der Waals surface area contributed by atoms with Crippen LogP contribution in [0.2, 0.25) is 0 Å². The van der Waals surface area contributed by atoms with E-state index in [0.717, 1.165) is 0 Å². The number of hydrogen-bond acceptors (Lipinski definition) is 1. The fourth-order valence-corrected chi connectivity index (χ4v) is 5.74. The van der Waals surface area contributed by atoms with Gasteiger partial charge in [0.25, 0.3) is 0 Å². The van der Waals surface area contributed by atoms with Crippen molar-refractivity contribution in [3.8, 4) is 0 Å². The van der Waals surface area contributed by atoms with E-state index in [1.54, 1.807) is 0 Å². The Morgan fingerprint density at radius 3 is 0.912 bits per heavy atom. The van der Waals surface area contributed by atoms with Gasteiger partial charge in [-0.05, 0) is 12.8 Å². The van der Waals surface area contributed by atoms with Gasteiger partial charge in [-0.3, -0.25) is 0 Å². The molecule has 0 rings (SSSR count). The van der Waals surface area contributed by atoms with Gasteiger partial charge >= 0.3 is 0 Å². The Labute approximate surface area is 225 Å². The molecule has 0 radical (unpaired) electrons. The van der Waals surface area contributed by atoms with Crippen molar-refractivity contribution in [1.82, 2.24) is 0 Å². The summed E-state index contributed by atoms with van der Waals surface area (Å²) in [5, 5.41) is 0. The first-order valence-corrected chi connectivity index (χ1v) is 17.0. The second-order valence-electron chi connectivity index (χ2n) is 11.2. The Morgan fingerprint density at radius 1 is 0.382 bits per heavy atom. The molecule has 2 atom stereocenters. The van der Waals surface area contributed by atoms with Crippen molar-refractivity contribution >= 4 is 15.9 Å². The van der Waals surface area contributed by atoms with Crippen LogP contribution in [0.3, 0.4) is 0 Å². The molecule has 2 heteroatoms. The van der Waals surface area contributed by atoms with Crippen molar-refractivity contribution in [2.75, 3.05) is 0 Å². The van der Waals surface area contributed by atoms with E-state index in [-0.39, 0.29) is 0 Å². The Hall–Kier alpha value is 0.440. The van der Waals surface area contributed by atoms with Gasteiger partial charge in [-0.2, -0.15) is 0 Å². The SMILES string of the molecule is CCCCCCCCCCCCCCCCCC(Br)C(N)CCCCCCCCCCCCC. The summed E-state index contributed by atoms with van der Waals surface area (Å²) in [7, 11) is 0. The Balaban J connectivity index is 3.27. The fourth-order valence-electron chi connectivity index (χ4n) is 5.15. The number of unbranched alkanes of at least 4 members (excludes halogenated alkanes) is 24. The van der Waals surface area contributed by atoms with Crippen molar-refractivity contribution in [2.45, 2.75) is 204 Å². The predicted molar refractivity (Wildman–Crippen MR) is 161 cm³/mol. The van der Waals surface area contributed by atoms with E-state index in [1.165, 1.54) is 180 Å². The van der Waals surface area contributed by atoms with Crippen LogP contribution in [0, 0.1) is 0 Å². The summed E-state index contributed by atoms with van der Waals surface area (Å²) >= 11 is 3.89. The van der Waals surface area contributed by atoms with Crippen LogP contribution >= 0.6 is 15.9 Å². The lowest BCUT2D eigenvalue weighted by atomic mass is 10.00. The molecule has 0 aliphatic carbocycles. The van der Waals surface area contributed by atoms with E-state index < -0.39 is 0 Å². The molecule has 34 heavy (non-hydrogen) atoms. The Kier molecular flexibility index (Phi) is 30.1. The van der Waals surface area contributed by atoms with Crippen molar-refractivity contribution in [3.05, 3.63) is 0 Å². The summed E-state index contributed by atoms with van der Waals surface area (Å²) in [5.41, 5.74) is 6.45. The molecule has 1 nitrogen and oxygen atoms in total. The molecule has 206 valence electrons. The van der Waals surface area contributed by atoms with Crippen LogP contribution in [-0.4, -0.2) is 10.9 Å². The maximum Gasteiger partial charge on any atom is 0.0297 e. The minimum absolute atomic E-state index is 0.352. The number of alkyl halides is 1. The zero-order valence-corrected chi connectivity index (χ0v) is 25.5. The summed E-state index contributed by atoms with van der Waals surface area (Å²) in [6.07, 6.45) is 39.6. The van der Waals surface area contributed by atoms with Gasteiger partial charge < -0.3 is 5.73 Å². The number of rotatable bonds is 29. The highest BCUT2D eigenvalue weighted by atomic mass is 79.9. The van der Waals surface area contributed by atoms with Crippen LogP contribution in [0.5, 0.6) is 0 Å². The lowest BCUT2D eigenvalue weighted by Gasteiger charge is -2.18. The topological polar surface area (TPSA) is 26.0 Å². The first-order valence-electron chi connectivity index (χ1n) is 16.1. The average Bonchev–Trinajstić information content (AvgIpc) is 2.84. The van der Waals surface area contributed by atoms with Gasteiger partial charge in [-0.25, -0.2) is 0 Å². The zero-order valence-electron chi connectivity index (χ0n) is 23.9. The minimum Gasteiger partial charge on any atom is -0.327 e. The molecule has 0 fully saturated rings. The van der Waals surface area contributed by atoms with Crippen LogP contribution < -0.4 is 5.73 Å². The van der Waals surface area contributed by atoms with Gasteiger partial charge in [-0.1, -0.05) is 197 Å². The quantitative estimate of drug-likeness (QED) is 0.0735. The van der Waals surface area contributed by atoms with Crippen LogP contribution in [0.4, 0.5) is 0 Å². The normalized spacial score (nSPS) is 13.4. The van der Waals surface area contributed by atoms with Gasteiger partial charge in [0.1, 0.15) is 0 Å². The average molecular weight is 545 g/mol. The van der Waals surface area contributed by atoms with Gasteiger partial charge in [0.15, 0.2) is 0 Å². The molecule has 0 amide bonds. The Bertz CT molecular complexity index is 359. The summed E-state index contributed by atoms with van der Waals surface area (Å²) in [6.45, 7) is 4.60. The standard InChI is InChI=1S/C32H66BrN/c1-3-5-7-9-11-13-15-16-17-18-20-21-23-25-27-29-31(33)32(34)30-28-26-24-22-19-14-12-10-8-6-4-2/h31-32H,3-30,34H2,1-2H3. The van der Waals surface area contributed by atoms with Gasteiger partial charge in [-0.15, -0.1) is 0 Å². The summed E-state index contributed by atoms with van der Waals surface area (Å²) < 4.78 is 0. The molecule has 0 heterocycles. The van der Waals surface area contributed by atoms with Crippen molar-refractivity contribution in [3.63, 3.8) is 0 Å². The van der Waals surface area contributed by atoms with Gasteiger partial charge in [0, 0.05) is 10.9 Å². The molecule has 2 N–H and O–H groups in total. The summed E-state index contributed by atoms with van der Waals surface area (Å²) in [5.74, 6) is 0. The van der Waals surface area contributed by atoms with E-state index in [0.29, 0.717) is 10.9 Å². The number of nitrogens with two attached hydrogens (primary N) is 1. The number of hydrogen-bond donors (Lipinski definition) is 1. The lowest BCUT2D eigenvalue weighted by Crippen LogP contribution is -2.30. The van der Waals surface area contributed by atoms with Crippen LogP contribution in [-0.2, 0) is 0 Å². The molecule has 0 spiro atoms. The highest BCUT2D eigenvalue weighted by Gasteiger charge is 2.13. The third kappa shape index (κ3) is 27.0. The van der Waals surface area contributed by atoms with E-state index in [1.807, 2.05) is 0 Å². The zero-order chi connectivity index (χ0) is 25.0. The fraction of sp³-hybridized carbons (Fsp3) is 1.00. The maximum absolute atomic E-state index is 6.45. The molecule has 0 aromatic rings. The summed E-state index contributed by atoms with van der Waals surface area (Å²) in [6, 6.07) is 0.352. The molecule has 0 aromatic heterocycles. The van der Waals surface area contributed by atoms with E-state index in [9.17, 15) is 0 Å². The predicted octanol–water partition coefficient (Wildman–Crippen LogP) is 12.0. The third-order valence-corrected chi connectivity index (χ3v) is 8.83. The van der Waals surface area contributed by atoms with Crippen LogP contribution in [0.25, 0.3) is 0 Å². The Morgan fingerprint density at radius 2 is 0.618 bits per heavy atom. The van der Waals surface area contributed by atoms with E-state index >= 15 is 0 Å². The summed E-state index contributed by atoms with van der Waals surface area (Å²) in [4.78, 5) is 0.526. The van der Waals surface area contributed by atoms with Gasteiger partial charge in [0.05, 0.1) is 0 Å². The van der Waals surface area contributed by atoms with E-state index in [2.05, 4.69) is 29.8 Å². The maximum atomic E-state index is 6.45. The first-order chi connectivity index (χ1) is 16.7. The highest BCUT2D eigenvalue weighted by Crippen LogP contribution is 2.20. The van der Waals surface area contributed by atoms with Crippen molar-refractivity contribution < 1.29 is 0 Å². The van der Waals surface area contributed by atoms with E-state index in [4.69, 9.17) is 5.73 Å². The molecule has 0 saturated carbocycles. The monoisotopic (exact) mass is 543 g/mol. The third-order valence-electron chi connectivity index (χ3n) is 7.69. The molecule has 0 aliphatic rings. The number of halogens is 1. The van der Waals surface area contributed by atoms with Crippen LogP contribution in [0.1, 0.15) is 194 Å². The highest BCUT2D eigenvalue weighted by molar-refractivity contribution is 9.09. The molecule has 0 aliphatic heterocycles. The lowest BCUT2D eigenvalue weighted by molar-refractivity contribution is 0.489. The molecule has 0 aromatic carbocycles. The van der Waals surface area contributed by atoms with Crippen molar-refractivity contribution in [2.24, 2.45) is 5.73 Å².